The van der Waals surface area contributed by atoms with Gasteiger partial charge >= 0.3 is 0 Å². The molecule has 2 heterocycles. The molecule has 5 nitrogen and oxygen atoms in total. The second-order valence-electron chi connectivity index (χ2n) is 8.58. The number of nitrogens with zero attached hydrogens (tertiary/aromatic N) is 2. The number of aromatic amines is 1. The van der Waals surface area contributed by atoms with E-state index in [9.17, 15) is 4.79 Å². The molecule has 4 rings (SSSR count). The summed E-state index contributed by atoms with van der Waals surface area (Å²) in [5.41, 5.74) is 4.04. The smallest absolute Gasteiger partial charge is 0.224 e. The topological polar surface area (TPSA) is 51.4 Å². The van der Waals surface area contributed by atoms with Crippen LogP contribution in [0, 0.1) is 5.92 Å². The molecule has 1 aromatic heterocycles. The molecule has 1 aliphatic carbocycles. The van der Waals surface area contributed by atoms with Crippen molar-refractivity contribution < 1.29 is 4.79 Å². The monoisotopic (exact) mass is 380 g/mol. The molecule has 1 saturated heterocycles. The van der Waals surface area contributed by atoms with E-state index in [0.717, 1.165) is 45.4 Å². The maximum absolute atomic E-state index is 12.9. The summed E-state index contributed by atoms with van der Waals surface area (Å²) in [6.07, 6.45) is 7.11. The number of likely N-dealkylation sites (tertiary alicyclic amines) is 1. The Hall–Kier alpha value is -2.11. The highest BCUT2D eigenvalue weighted by Crippen LogP contribution is 2.44. The van der Waals surface area contributed by atoms with Gasteiger partial charge in [-0.1, -0.05) is 18.2 Å². The minimum absolute atomic E-state index is 0.0382. The van der Waals surface area contributed by atoms with Crippen molar-refractivity contribution in [3.63, 3.8) is 0 Å². The number of H-pyrrole nitrogens is 1. The number of carbonyl (C=O) groups is 1. The molecule has 28 heavy (non-hydrogen) atoms. The Kier molecular flexibility index (Phi) is 5.56. The molecule has 0 saturated carbocycles. The van der Waals surface area contributed by atoms with Gasteiger partial charge in [-0.25, -0.2) is 0 Å². The molecule has 0 spiro atoms. The summed E-state index contributed by atoms with van der Waals surface area (Å²) in [5, 5.41) is 4.56. The van der Waals surface area contributed by atoms with Crippen LogP contribution in [-0.4, -0.2) is 67.0 Å². The Morgan fingerprint density at radius 3 is 3.07 bits per heavy atom. The third kappa shape index (κ3) is 3.61. The molecule has 3 atom stereocenters. The zero-order valence-electron chi connectivity index (χ0n) is 17.1. The molecule has 2 aliphatic rings. The molecule has 1 aromatic carbocycles. The molecular weight excluding hydrogens is 348 g/mol. The Labute approximate surface area is 167 Å². The maximum atomic E-state index is 12.9. The van der Waals surface area contributed by atoms with E-state index in [0.29, 0.717) is 12.0 Å². The molecule has 1 unspecified atom stereocenters. The number of amides is 1. The van der Waals surface area contributed by atoms with Crippen LogP contribution in [0.2, 0.25) is 0 Å². The number of aromatic nitrogens is 1. The number of hydrogen-bond acceptors (Lipinski definition) is 3. The molecule has 150 valence electrons. The number of rotatable bonds is 7. The van der Waals surface area contributed by atoms with E-state index in [-0.39, 0.29) is 11.8 Å². The van der Waals surface area contributed by atoms with Crippen molar-refractivity contribution in [2.45, 2.75) is 31.2 Å². The third-order valence-electron chi connectivity index (χ3n) is 6.39. The highest BCUT2D eigenvalue weighted by molar-refractivity contribution is 5.88. The van der Waals surface area contributed by atoms with E-state index < -0.39 is 0 Å². The third-order valence-corrected chi connectivity index (χ3v) is 6.39. The number of benzene rings is 1. The summed E-state index contributed by atoms with van der Waals surface area (Å²) in [5.74, 6) is 0.646. The number of hydrogen-bond donors (Lipinski definition) is 2. The first-order valence-corrected chi connectivity index (χ1v) is 10.4. The molecule has 2 N–H and O–H groups in total. The zero-order chi connectivity index (χ0) is 19.7. The zero-order valence-corrected chi connectivity index (χ0v) is 17.1. The van der Waals surface area contributed by atoms with Gasteiger partial charge in [-0.3, -0.25) is 9.69 Å². The van der Waals surface area contributed by atoms with Gasteiger partial charge in [-0.15, -0.1) is 6.58 Å². The standard InChI is InChI=1S/C23H32N4O/c1-4-10-27-15-17(23(28)24-9-6-11-26(2)3)12-19-18-7-5-8-20-22(18)16(14-25-20)13-21(19)27/h4-5,7-8,14,17,19,21,25H,1,6,9-13,15H2,2-3H3,(H,24,28)/t17?,19-,21-/m1/s1. The molecule has 5 heteroatoms. The van der Waals surface area contributed by atoms with Gasteiger partial charge in [0.1, 0.15) is 0 Å². The van der Waals surface area contributed by atoms with Gasteiger partial charge in [-0.2, -0.15) is 0 Å². The van der Waals surface area contributed by atoms with Gasteiger partial charge < -0.3 is 15.2 Å². The van der Waals surface area contributed by atoms with Crippen LogP contribution in [0.5, 0.6) is 0 Å². The number of carbonyl (C=O) groups excluding carboxylic acids is 1. The molecule has 0 bridgehead atoms. The van der Waals surface area contributed by atoms with E-state index >= 15 is 0 Å². The Bertz CT molecular complexity index is 855. The molecule has 1 aliphatic heterocycles. The van der Waals surface area contributed by atoms with Crippen LogP contribution in [0.1, 0.15) is 29.9 Å². The van der Waals surface area contributed by atoms with E-state index in [1.54, 1.807) is 0 Å². The van der Waals surface area contributed by atoms with E-state index in [1.807, 2.05) is 6.08 Å². The molecule has 2 aromatic rings. The summed E-state index contributed by atoms with van der Waals surface area (Å²) in [7, 11) is 4.13. The second kappa shape index (κ2) is 8.10. The van der Waals surface area contributed by atoms with Crippen molar-refractivity contribution in [3.8, 4) is 0 Å². The quantitative estimate of drug-likeness (QED) is 0.574. The largest absolute Gasteiger partial charge is 0.361 e. The highest BCUT2D eigenvalue weighted by Gasteiger charge is 2.42. The average Bonchev–Trinajstić information content (AvgIpc) is 3.10. The number of nitrogens with one attached hydrogen (secondary N) is 2. The van der Waals surface area contributed by atoms with Gasteiger partial charge in [0.2, 0.25) is 5.91 Å². The first-order chi connectivity index (χ1) is 13.6. The van der Waals surface area contributed by atoms with Gasteiger partial charge in [0.25, 0.3) is 0 Å². The van der Waals surface area contributed by atoms with Crippen LogP contribution < -0.4 is 5.32 Å². The van der Waals surface area contributed by atoms with Crippen LogP contribution in [0.4, 0.5) is 0 Å². The highest BCUT2D eigenvalue weighted by atomic mass is 16.1. The molecular formula is C23H32N4O. The maximum Gasteiger partial charge on any atom is 0.224 e. The minimum Gasteiger partial charge on any atom is -0.361 e. The van der Waals surface area contributed by atoms with Crippen LogP contribution in [0.15, 0.2) is 37.1 Å². The van der Waals surface area contributed by atoms with E-state index in [2.05, 4.69) is 65.2 Å². The molecule has 0 radical (unpaired) electrons. The van der Waals surface area contributed by atoms with E-state index in [4.69, 9.17) is 0 Å². The molecule has 1 amide bonds. The van der Waals surface area contributed by atoms with Gasteiger partial charge in [0.05, 0.1) is 5.92 Å². The van der Waals surface area contributed by atoms with Gasteiger partial charge in [0, 0.05) is 48.7 Å². The lowest BCUT2D eigenvalue weighted by Gasteiger charge is -2.46. The second-order valence-corrected chi connectivity index (χ2v) is 8.58. The fourth-order valence-corrected chi connectivity index (χ4v) is 5.11. The fourth-order valence-electron chi connectivity index (χ4n) is 5.11. The SMILES string of the molecule is C=CCN1CC(C(=O)NCCCN(C)C)C[C@@H]2c3cccc4[nH]cc(c34)C[C@H]21. The predicted octanol–water partition coefficient (Wildman–Crippen LogP) is 2.75. The van der Waals surface area contributed by atoms with Gasteiger partial charge in [-0.05, 0) is 57.1 Å². The van der Waals surface area contributed by atoms with Crippen LogP contribution >= 0.6 is 0 Å². The number of piperidine rings is 1. The van der Waals surface area contributed by atoms with Crippen LogP contribution in [0.3, 0.4) is 0 Å². The summed E-state index contributed by atoms with van der Waals surface area (Å²) < 4.78 is 0. The van der Waals surface area contributed by atoms with Crippen molar-refractivity contribution in [1.29, 1.82) is 0 Å². The lowest BCUT2D eigenvalue weighted by molar-refractivity contribution is -0.127. The normalized spacial score (nSPS) is 24.3. The van der Waals surface area contributed by atoms with Crippen molar-refractivity contribution in [1.82, 2.24) is 20.1 Å². The van der Waals surface area contributed by atoms with E-state index in [1.165, 1.54) is 22.0 Å². The fraction of sp³-hybridized carbons (Fsp3) is 0.522. The Morgan fingerprint density at radius 2 is 2.29 bits per heavy atom. The predicted molar refractivity (Wildman–Crippen MR) is 115 cm³/mol. The van der Waals surface area contributed by atoms with Crippen molar-refractivity contribution in [2.75, 3.05) is 40.3 Å². The molecule has 1 fully saturated rings. The van der Waals surface area contributed by atoms with Crippen molar-refractivity contribution in [2.24, 2.45) is 5.92 Å². The lowest BCUT2D eigenvalue weighted by atomic mass is 9.72. The Balaban J connectivity index is 1.54. The first-order valence-electron chi connectivity index (χ1n) is 10.4. The van der Waals surface area contributed by atoms with Crippen LogP contribution in [-0.2, 0) is 11.2 Å². The Morgan fingerprint density at radius 1 is 1.43 bits per heavy atom. The number of fused-ring (bicyclic) bond motifs is 2. The summed E-state index contributed by atoms with van der Waals surface area (Å²) in [4.78, 5) is 21.0. The summed E-state index contributed by atoms with van der Waals surface area (Å²) in [6, 6.07) is 7.01. The lowest BCUT2D eigenvalue weighted by Crippen LogP contribution is -2.53. The van der Waals surface area contributed by atoms with Gasteiger partial charge in [0.15, 0.2) is 0 Å². The first kappa shape index (κ1) is 19.2. The minimum atomic E-state index is 0.0382. The average molecular weight is 381 g/mol. The van der Waals surface area contributed by atoms with Crippen LogP contribution in [0.25, 0.3) is 10.9 Å². The van der Waals surface area contributed by atoms with Crippen molar-refractivity contribution in [3.05, 3.63) is 48.2 Å². The summed E-state index contributed by atoms with van der Waals surface area (Å²) >= 11 is 0. The summed E-state index contributed by atoms with van der Waals surface area (Å²) in [6.45, 7) is 7.36. The van der Waals surface area contributed by atoms with Crippen molar-refractivity contribution >= 4 is 16.8 Å².